The van der Waals surface area contributed by atoms with Crippen LogP contribution in [-0.2, 0) is 23.0 Å². The molecule has 2 heterocycles. The van der Waals surface area contributed by atoms with Crippen molar-refractivity contribution in [2.75, 3.05) is 11.9 Å². The predicted octanol–water partition coefficient (Wildman–Crippen LogP) is 3.23. The highest BCUT2D eigenvalue weighted by molar-refractivity contribution is 7.89. The van der Waals surface area contributed by atoms with Crippen molar-refractivity contribution in [1.82, 2.24) is 14.3 Å². The summed E-state index contributed by atoms with van der Waals surface area (Å²) in [6.07, 6.45) is 1.88. The molecule has 1 amide bonds. The molecule has 0 radical (unpaired) electrons. The van der Waals surface area contributed by atoms with E-state index in [4.69, 9.17) is 0 Å². The van der Waals surface area contributed by atoms with Crippen LogP contribution in [0.3, 0.4) is 0 Å². The highest BCUT2D eigenvalue weighted by Crippen LogP contribution is 2.26. The van der Waals surface area contributed by atoms with Crippen molar-refractivity contribution in [3.05, 3.63) is 82.4 Å². The average Bonchev–Trinajstić information content (AvgIpc) is 2.75. The topological polar surface area (TPSA) is 92.3 Å². The molecule has 31 heavy (non-hydrogen) atoms. The monoisotopic (exact) mass is 440 g/mol. The number of nitrogens with one attached hydrogen (secondary N) is 1. The van der Waals surface area contributed by atoms with Gasteiger partial charge in [0, 0.05) is 36.8 Å². The number of hydrogen-bond donors (Lipinski definition) is 1. The molecule has 1 aliphatic rings. The molecule has 0 bridgehead atoms. The number of halogens is 1. The summed E-state index contributed by atoms with van der Waals surface area (Å²) in [7, 11) is -3.86. The van der Waals surface area contributed by atoms with E-state index in [2.05, 4.69) is 15.3 Å². The number of rotatable bonds is 4. The number of aryl methyl sites for hydroxylation is 2. The molecule has 160 valence electrons. The maximum Gasteiger partial charge on any atom is 0.258 e. The van der Waals surface area contributed by atoms with Gasteiger partial charge >= 0.3 is 0 Å². The van der Waals surface area contributed by atoms with Crippen LogP contribution in [0.5, 0.6) is 0 Å². The fourth-order valence-electron chi connectivity index (χ4n) is 3.43. The van der Waals surface area contributed by atoms with Crippen molar-refractivity contribution in [3.63, 3.8) is 0 Å². The molecule has 0 spiro atoms. The lowest BCUT2D eigenvalue weighted by Crippen LogP contribution is -2.37. The number of carbonyl (C=O) groups excluding carboxylic acids is 1. The molecular formula is C22H21FN4O3S. The van der Waals surface area contributed by atoms with Crippen molar-refractivity contribution < 1.29 is 17.6 Å². The lowest BCUT2D eigenvalue weighted by molar-refractivity contribution is 0.102. The van der Waals surface area contributed by atoms with E-state index < -0.39 is 15.8 Å². The Morgan fingerprint density at radius 1 is 1.13 bits per heavy atom. The number of benzene rings is 2. The molecule has 2 aromatic carbocycles. The number of anilines is 1. The van der Waals surface area contributed by atoms with E-state index in [1.807, 2.05) is 19.1 Å². The summed E-state index contributed by atoms with van der Waals surface area (Å²) in [6, 6.07) is 10.9. The van der Waals surface area contributed by atoms with Gasteiger partial charge in [-0.1, -0.05) is 23.8 Å². The number of nitrogens with zero attached hydrogens (tertiary/aromatic N) is 3. The highest BCUT2D eigenvalue weighted by Gasteiger charge is 2.30. The van der Waals surface area contributed by atoms with Crippen LogP contribution in [0.1, 0.15) is 32.7 Å². The van der Waals surface area contributed by atoms with Crippen LogP contribution >= 0.6 is 0 Å². The van der Waals surface area contributed by atoms with Gasteiger partial charge in [0.05, 0.1) is 10.6 Å². The molecule has 3 aromatic rings. The minimum atomic E-state index is -3.86. The molecule has 7 nitrogen and oxygen atoms in total. The zero-order chi connectivity index (χ0) is 22.2. The second kappa shape index (κ2) is 8.16. The van der Waals surface area contributed by atoms with E-state index >= 15 is 0 Å². The zero-order valence-electron chi connectivity index (χ0n) is 17.1. The van der Waals surface area contributed by atoms with Crippen molar-refractivity contribution in [3.8, 4) is 0 Å². The summed E-state index contributed by atoms with van der Waals surface area (Å²) in [6.45, 7) is 3.86. The van der Waals surface area contributed by atoms with Gasteiger partial charge in [0.2, 0.25) is 16.0 Å². The first-order valence-electron chi connectivity index (χ1n) is 9.73. The van der Waals surface area contributed by atoms with Crippen LogP contribution in [0.25, 0.3) is 0 Å². The first-order chi connectivity index (χ1) is 14.7. The molecule has 4 rings (SSSR count). The molecule has 0 atom stereocenters. The van der Waals surface area contributed by atoms with Gasteiger partial charge in [-0.15, -0.1) is 0 Å². The summed E-state index contributed by atoms with van der Waals surface area (Å²) in [5.41, 5.74) is 3.36. The van der Waals surface area contributed by atoms with Crippen molar-refractivity contribution in [2.24, 2.45) is 0 Å². The lowest BCUT2D eigenvalue weighted by Gasteiger charge is -2.28. The van der Waals surface area contributed by atoms with E-state index in [0.29, 0.717) is 28.8 Å². The van der Waals surface area contributed by atoms with Crippen molar-refractivity contribution in [1.29, 1.82) is 0 Å². The lowest BCUT2D eigenvalue weighted by atomic mass is 10.1. The Hall–Kier alpha value is -3.17. The van der Waals surface area contributed by atoms with E-state index in [-0.39, 0.29) is 29.8 Å². The number of aromatic nitrogens is 2. The fourth-order valence-corrected chi connectivity index (χ4v) is 5.08. The minimum absolute atomic E-state index is 0.0427. The maximum absolute atomic E-state index is 13.6. The predicted molar refractivity (Wildman–Crippen MR) is 114 cm³/mol. The summed E-state index contributed by atoms with van der Waals surface area (Å²) in [5.74, 6) is -0.748. The Morgan fingerprint density at radius 2 is 1.87 bits per heavy atom. The third-order valence-corrected chi connectivity index (χ3v) is 7.19. The second-order valence-corrected chi connectivity index (χ2v) is 9.39. The third kappa shape index (κ3) is 4.33. The van der Waals surface area contributed by atoms with Crippen LogP contribution in [0, 0.1) is 19.7 Å². The Bertz CT molecular complexity index is 1260. The highest BCUT2D eigenvalue weighted by atomic mass is 32.2. The molecule has 1 aromatic heterocycles. The van der Waals surface area contributed by atoms with Gasteiger partial charge in [0.1, 0.15) is 5.82 Å². The van der Waals surface area contributed by atoms with Gasteiger partial charge < -0.3 is 0 Å². The largest absolute Gasteiger partial charge is 0.290 e. The molecule has 0 aliphatic carbocycles. The van der Waals surface area contributed by atoms with Crippen LogP contribution in [0.15, 0.2) is 53.6 Å². The van der Waals surface area contributed by atoms with Crippen LogP contribution < -0.4 is 5.32 Å². The quantitative estimate of drug-likeness (QED) is 0.673. The van der Waals surface area contributed by atoms with Crippen molar-refractivity contribution in [2.45, 2.75) is 31.7 Å². The Morgan fingerprint density at radius 3 is 2.61 bits per heavy atom. The van der Waals surface area contributed by atoms with Crippen molar-refractivity contribution >= 4 is 21.9 Å². The Balaban J connectivity index is 1.52. The van der Waals surface area contributed by atoms with Gasteiger partial charge in [-0.3, -0.25) is 10.1 Å². The average molecular weight is 441 g/mol. The minimum Gasteiger partial charge on any atom is -0.290 e. The fraction of sp³-hybridized carbons (Fsp3) is 0.227. The summed E-state index contributed by atoms with van der Waals surface area (Å²) in [4.78, 5) is 20.9. The Labute approximate surface area is 180 Å². The van der Waals surface area contributed by atoms with Crippen LogP contribution in [0.4, 0.5) is 10.3 Å². The summed E-state index contributed by atoms with van der Waals surface area (Å²) < 4.78 is 41.0. The van der Waals surface area contributed by atoms with Gasteiger partial charge in [-0.05, 0) is 43.7 Å². The maximum atomic E-state index is 13.6. The van der Waals surface area contributed by atoms with Crippen LogP contribution in [-0.4, -0.2) is 35.1 Å². The molecule has 1 N–H and O–H groups in total. The summed E-state index contributed by atoms with van der Waals surface area (Å²) in [5, 5.41) is 2.67. The molecule has 0 fully saturated rings. The van der Waals surface area contributed by atoms with Gasteiger partial charge in [0.25, 0.3) is 5.91 Å². The third-order valence-electron chi connectivity index (χ3n) is 5.21. The number of hydrogen-bond acceptors (Lipinski definition) is 5. The second-order valence-electron chi connectivity index (χ2n) is 7.48. The van der Waals surface area contributed by atoms with E-state index in [1.54, 1.807) is 19.1 Å². The van der Waals surface area contributed by atoms with E-state index in [9.17, 15) is 17.6 Å². The smallest absolute Gasteiger partial charge is 0.258 e. The first kappa shape index (κ1) is 21.1. The normalized spacial score (nSPS) is 14.2. The van der Waals surface area contributed by atoms with Crippen LogP contribution in [0.2, 0.25) is 0 Å². The molecule has 1 aliphatic heterocycles. The number of amides is 1. The molecule has 0 saturated carbocycles. The molecule has 0 saturated heterocycles. The zero-order valence-corrected chi connectivity index (χ0v) is 17.9. The molecule has 0 unspecified atom stereocenters. The Kier molecular flexibility index (Phi) is 5.55. The summed E-state index contributed by atoms with van der Waals surface area (Å²) >= 11 is 0. The van der Waals surface area contributed by atoms with E-state index in [1.165, 1.54) is 22.6 Å². The molecular weight excluding hydrogens is 419 g/mol. The SMILES string of the molecule is Cc1ccc(C(=O)Nc2ncc3c(n2)CCN(S(=O)(=O)c2cc(F)ccc2C)C3)cc1. The number of carbonyl (C=O) groups is 1. The number of sulfonamides is 1. The van der Waals surface area contributed by atoms with Gasteiger partial charge in [0.15, 0.2) is 0 Å². The molecule has 9 heteroatoms. The van der Waals surface area contributed by atoms with E-state index in [0.717, 1.165) is 11.6 Å². The number of fused-ring (bicyclic) bond motifs is 1. The van der Waals surface area contributed by atoms with Gasteiger partial charge in [-0.25, -0.2) is 22.8 Å². The standard InChI is InChI=1S/C22H21FN4O3S/c1-14-3-6-16(7-4-14)21(28)26-22-24-12-17-13-27(10-9-19(17)25-22)31(29,30)20-11-18(23)8-5-15(20)2/h3-8,11-12H,9-10,13H2,1-2H3,(H,24,25,26,28). The van der Waals surface area contributed by atoms with Gasteiger partial charge in [-0.2, -0.15) is 4.31 Å². The first-order valence-corrected chi connectivity index (χ1v) is 11.2.